The van der Waals surface area contributed by atoms with Crippen molar-refractivity contribution in [1.82, 2.24) is 0 Å². The van der Waals surface area contributed by atoms with Gasteiger partial charge >= 0.3 is 0 Å². The molecular formula is C13H17N3O4. The average molecular weight is 279 g/mol. The molecule has 0 aromatic heterocycles. The Bertz CT molecular complexity index is 546. The van der Waals surface area contributed by atoms with Crippen LogP contribution in [0, 0.1) is 16.0 Å². The zero-order valence-corrected chi connectivity index (χ0v) is 11.2. The molecule has 108 valence electrons. The number of carbonyl (C=O) groups excluding carboxylic acids is 1. The highest BCUT2D eigenvalue weighted by Gasteiger charge is 2.28. The molecule has 7 heteroatoms. The van der Waals surface area contributed by atoms with E-state index in [-0.39, 0.29) is 17.2 Å². The number of β-amino-alcohol motifs (C(OH)–C–C–N with tert-alkyl or cyclic N) is 1. The molecule has 0 radical (unpaired) electrons. The molecule has 3 N–H and O–H groups in total. The van der Waals surface area contributed by atoms with Gasteiger partial charge in [-0.1, -0.05) is 6.92 Å². The van der Waals surface area contributed by atoms with Gasteiger partial charge in [0.25, 0.3) is 5.69 Å². The number of carbonyl (C=O) groups is 1. The summed E-state index contributed by atoms with van der Waals surface area (Å²) in [6, 6.07) is 4.04. The number of hydrogen-bond acceptors (Lipinski definition) is 5. The number of nitro groups is 1. The lowest BCUT2D eigenvalue weighted by Crippen LogP contribution is -2.43. The summed E-state index contributed by atoms with van der Waals surface area (Å²) >= 11 is 0. The minimum absolute atomic E-state index is 0.0863. The maximum absolute atomic E-state index is 11.2. The number of nitrogens with two attached hydrogens (primary N) is 1. The van der Waals surface area contributed by atoms with Crippen LogP contribution in [0.2, 0.25) is 0 Å². The van der Waals surface area contributed by atoms with Crippen molar-refractivity contribution in [2.24, 2.45) is 11.7 Å². The van der Waals surface area contributed by atoms with E-state index in [4.69, 9.17) is 5.73 Å². The van der Waals surface area contributed by atoms with Gasteiger partial charge in [0.2, 0.25) is 5.91 Å². The topological polar surface area (TPSA) is 110 Å². The first-order chi connectivity index (χ1) is 9.40. The second kappa shape index (κ2) is 5.46. The van der Waals surface area contributed by atoms with Crippen LogP contribution in [0.25, 0.3) is 0 Å². The molecule has 1 aromatic carbocycles. The molecule has 1 aliphatic heterocycles. The minimum atomic E-state index is -0.632. The van der Waals surface area contributed by atoms with E-state index in [1.807, 2.05) is 6.92 Å². The lowest BCUT2D eigenvalue weighted by Gasteiger charge is -2.35. The third-order valence-corrected chi connectivity index (χ3v) is 3.72. The SMILES string of the molecule is CC1CCN(c2cc(C(N)=O)ccc2[N+](=O)[O-])CC1O. The highest BCUT2D eigenvalue weighted by Crippen LogP contribution is 2.32. The maximum atomic E-state index is 11.2. The normalized spacial score (nSPS) is 22.6. The van der Waals surface area contributed by atoms with Crippen LogP contribution in [-0.2, 0) is 0 Å². The van der Waals surface area contributed by atoms with Crippen molar-refractivity contribution in [2.75, 3.05) is 18.0 Å². The van der Waals surface area contributed by atoms with Gasteiger partial charge in [-0.2, -0.15) is 0 Å². The van der Waals surface area contributed by atoms with E-state index in [0.717, 1.165) is 6.42 Å². The number of piperidine rings is 1. The Labute approximate surface area is 116 Å². The van der Waals surface area contributed by atoms with Gasteiger partial charge in [0.1, 0.15) is 5.69 Å². The van der Waals surface area contributed by atoms with Gasteiger partial charge < -0.3 is 15.7 Å². The number of benzene rings is 1. The highest BCUT2D eigenvalue weighted by atomic mass is 16.6. The lowest BCUT2D eigenvalue weighted by atomic mass is 9.95. The standard InChI is InChI=1S/C13H17N3O4/c1-8-4-5-15(7-12(8)17)11-6-9(13(14)18)2-3-10(11)16(19)20/h2-3,6,8,12,17H,4-5,7H2,1H3,(H2,14,18). The predicted molar refractivity (Wildman–Crippen MR) is 73.6 cm³/mol. The summed E-state index contributed by atoms with van der Waals surface area (Å²) in [4.78, 5) is 23.5. The summed E-state index contributed by atoms with van der Waals surface area (Å²) in [5.41, 5.74) is 5.68. The third kappa shape index (κ3) is 2.72. The number of primary amides is 1. The van der Waals surface area contributed by atoms with E-state index in [9.17, 15) is 20.0 Å². The highest BCUT2D eigenvalue weighted by molar-refractivity contribution is 5.94. The van der Waals surface area contributed by atoms with E-state index >= 15 is 0 Å². The molecule has 2 atom stereocenters. The maximum Gasteiger partial charge on any atom is 0.292 e. The molecule has 7 nitrogen and oxygen atoms in total. The molecule has 1 saturated heterocycles. The van der Waals surface area contributed by atoms with Crippen molar-refractivity contribution in [3.05, 3.63) is 33.9 Å². The summed E-state index contributed by atoms with van der Waals surface area (Å²) in [6.07, 6.45) is 0.194. The van der Waals surface area contributed by atoms with Crippen LogP contribution < -0.4 is 10.6 Å². The predicted octanol–water partition coefficient (Wildman–Crippen LogP) is 0.901. The van der Waals surface area contributed by atoms with Crippen LogP contribution in [0.3, 0.4) is 0 Å². The number of nitrogens with zero attached hydrogens (tertiary/aromatic N) is 2. The van der Waals surface area contributed by atoms with Crippen molar-refractivity contribution in [3.63, 3.8) is 0 Å². The van der Waals surface area contributed by atoms with Crippen molar-refractivity contribution in [3.8, 4) is 0 Å². The van der Waals surface area contributed by atoms with Crippen LogP contribution in [0.1, 0.15) is 23.7 Å². The molecule has 1 fully saturated rings. The molecule has 0 spiro atoms. The molecule has 0 bridgehead atoms. The van der Waals surface area contributed by atoms with E-state index in [2.05, 4.69) is 0 Å². The Morgan fingerprint density at radius 2 is 2.25 bits per heavy atom. The fraction of sp³-hybridized carbons (Fsp3) is 0.462. The van der Waals surface area contributed by atoms with Crippen molar-refractivity contribution >= 4 is 17.3 Å². The van der Waals surface area contributed by atoms with Crippen LogP contribution in [0.5, 0.6) is 0 Å². The fourth-order valence-corrected chi connectivity index (χ4v) is 2.35. The number of amides is 1. The molecular weight excluding hydrogens is 262 g/mol. The van der Waals surface area contributed by atoms with E-state index in [0.29, 0.717) is 18.8 Å². The van der Waals surface area contributed by atoms with Crippen LogP contribution >= 0.6 is 0 Å². The first-order valence-corrected chi connectivity index (χ1v) is 6.41. The molecule has 1 heterocycles. The van der Waals surface area contributed by atoms with Gasteiger partial charge in [-0.3, -0.25) is 14.9 Å². The summed E-state index contributed by atoms with van der Waals surface area (Å²) < 4.78 is 0. The first-order valence-electron chi connectivity index (χ1n) is 6.41. The second-order valence-electron chi connectivity index (χ2n) is 5.10. The largest absolute Gasteiger partial charge is 0.391 e. The first kappa shape index (κ1) is 14.3. The van der Waals surface area contributed by atoms with Crippen molar-refractivity contribution in [2.45, 2.75) is 19.4 Å². The quantitative estimate of drug-likeness (QED) is 0.631. The Kier molecular flexibility index (Phi) is 3.89. The molecule has 0 saturated carbocycles. The number of rotatable bonds is 3. The number of nitro benzene ring substituents is 1. The molecule has 0 aliphatic carbocycles. The summed E-state index contributed by atoms with van der Waals surface area (Å²) in [5.74, 6) is -0.475. The second-order valence-corrected chi connectivity index (χ2v) is 5.10. The van der Waals surface area contributed by atoms with Gasteiger partial charge in [0, 0.05) is 24.7 Å². The number of hydrogen-bond donors (Lipinski definition) is 2. The smallest absolute Gasteiger partial charge is 0.292 e. The fourth-order valence-electron chi connectivity index (χ4n) is 2.35. The van der Waals surface area contributed by atoms with Crippen LogP contribution in [0.4, 0.5) is 11.4 Å². The van der Waals surface area contributed by atoms with Gasteiger partial charge in [0.05, 0.1) is 11.0 Å². The Hall–Kier alpha value is -2.15. The van der Waals surface area contributed by atoms with Crippen LogP contribution in [0.15, 0.2) is 18.2 Å². The van der Waals surface area contributed by atoms with Gasteiger partial charge in [-0.25, -0.2) is 0 Å². The number of aliphatic hydroxyl groups excluding tert-OH is 1. The Morgan fingerprint density at radius 3 is 2.80 bits per heavy atom. The summed E-state index contributed by atoms with van der Waals surface area (Å²) in [6.45, 7) is 2.85. The molecule has 1 aliphatic rings. The average Bonchev–Trinajstić information content (AvgIpc) is 2.41. The van der Waals surface area contributed by atoms with Gasteiger partial charge in [-0.05, 0) is 24.5 Å². The van der Waals surface area contributed by atoms with E-state index < -0.39 is 16.9 Å². The minimum Gasteiger partial charge on any atom is -0.391 e. The van der Waals surface area contributed by atoms with Crippen molar-refractivity contribution in [1.29, 1.82) is 0 Å². The molecule has 20 heavy (non-hydrogen) atoms. The Morgan fingerprint density at radius 1 is 1.55 bits per heavy atom. The molecule has 1 aromatic rings. The molecule has 2 unspecified atom stereocenters. The lowest BCUT2D eigenvalue weighted by molar-refractivity contribution is -0.384. The zero-order valence-electron chi connectivity index (χ0n) is 11.2. The Balaban J connectivity index is 2.39. The van der Waals surface area contributed by atoms with E-state index in [1.165, 1.54) is 18.2 Å². The summed E-state index contributed by atoms with van der Waals surface area (Å²) in [7, 11) is 0. The monoisotopic (exact) mass is 279 g/mol. The van der Waals surface area contributed by atoms with Gasteiger partial charge in [0.15, 0.2) is 0 Å². The third-order valence-electron chi connectivity index (χ3n) is 3.72. The summed E-state index contributed by atoms with van der Waals surface area (Å²) in [5, 5.41) is 21.0. The van der Waals surface area contributed by atoms with E-state index in [1.54, 1.807) is 4.90 Å². The van der Waals surface area contributed by atoms with Gasteiger partial charge in [-0.15, -0.1) is 0 Å². The molecule has 2 rings (SSSR count). The number of anilines is 1. The number of aliphatic hydroxyl groups is 1. The van der Waals surface area contributed by atoms with Crippen molar-refractivity contribution < 1.29 is 14.8 Å². The molecule has 1 amide bonds. The van der Waals surface area contributed by atoms with Crippen LogP contribution in [-0.4, -0.2) is 35.1 Å². The zero-order chi connectivity index (χ0) is 14.9.